The lowest BCUT2D eigenvalue weighted by Crippen LogP contribution is -2.35. The highest BCUT2D eigenvalue weighted by molar-refractivity contribution is 5.23. The molecule has 8 heteroatoms. The Hall–Kier alpha value is -1.48. The minimum Gasteiger partial charge on any atom is -0.394 e. The van der Waals surface area contributed by atoms with E-state index in [1.54, 1.807) is 0 Å². The van der Waals surface area contributed by atoms with Gasteiger partial charge < -0.3 is 25.8 Å². The van der Waals surface area contributed by atoms with E-state index in [2.05, 4.69) is 4.98 Å². The molecule has 8 nitrogen and oxygen atoms in total. The van der Waals surface area contributed by atoms with Crippen molar-refractivity contribution in [2.75, 3.05) is 12.3 Å². The van der Waals surface area contributed by atoms with Gasteiger partial charge in [0.25, 0.3) is 0 Å². The smallest absolute Gasteiger partial charge is 0.351 e. The third kappa shape index (κ3) is 3.10. The number of anilines is 1. The van der Waals surface area contributed by atoms with Gasteiger partial charge in [-0.1, -0.05) is 0 Å². The molecular weight excluding hydrogens is 254 g/mol. The van der Waals surface area contributed by atoms with E-state index in [0.717, 1.165) is 0 Å². The van der Waals surface area contributed by atoms with Gasteiger partial charge in [0.1, 0.15) is 18.1 Å². The van der Waals surface area contributed by atoms with Crippen LogP contribution in [0.15, 0.2) is 17.1 Å². The summed E-state index contributed by atoms with van der Waals surface area (Å²) in [6.45, 7) is -0.401. The Morgan fingerprint density at radius 3 is 2.84 bits per heavy atom. The summed E-state index contributed by atoms with van der Waals surface area (Å²) < 4.78 is 6.65. The lowest BCUT2D eigenvalue weighted by atomic mass is 10.1. The summed E-state index contributed by atoms with van der Waals surface area (Å²) in [5.74, 6) is 0.0918. The molecule has 1 saturated heterocycles. The summed E-state index contributed by atoms with van der Waals surface area (Å²) in [7, 11) is 0. The van der Waals surface area contributed by atoms with Gasteiger partial charge in [0.05, 0.1) is 18.8 Å². The SMILES string of the molecule is Nc1ccn([C@H]2C[C@H](O)C[C@H](O)[C@@H](CO)O2)c(=O)n1. The topological polar surface area (TPSA) is 131 Å². The van der Waals surface area contributed by atoms with Gasteiger partial charge in [-0.15, -0.1) is 0 Å². The monoisotopic (exact) mass is 271 g/mol. The first-order valence-electron chi connectivity index (χ1n) is 5.98. The number of nitrogens with two attached hydrogens (primary N) is 1. The van der Waals surface area contributed by atoms with E-state index in [9.17, 15) is 15.0 Å². The maximum Gasteiger partial charge on any atom is 0.351 e. The molecule has 1 fully saturated rings. The zero-order chi connectivity index (χ0) is 14.0. The van der Waals surface area contributed by atoms with Gasteiger partial charge in [-0.25, -0.2) is 4.79 Å². The molecule has 2 heterocycles. The number of hydrogen-bond acceptors (Lipinski definition) is 7. The predicted octanol–water partition coefficient (Wildman–Crippen LogP) is -1.78. The Labute approximate surface area is 109 Å². The van der Waals surface area contributed by atoms with Crippen molar-refractivity contribution in [3.05, 3.63) is 22.7 Å². The van der Waals surface area contributed by atoms with Gasteiger partial charge >= 0.3 is 5.69 Å². The van der Waals surface area contributed by atoms with E-state index in [1.165, 1.54) is 16.8 Å². The van der Waals surface area contributed by atoms with Crippen LogP contribution in [-0.4, -0.2) is 49.8 Å². The maximum atomic E-state index is 11.7. The van der Waals surface area contributed by atoms with Crippen LogP contribution in [0.2, 0.25) is 0 Å². The molecule has 0 amide bonds. The van der Waals surface area contributed by atoms with Crippen LogP contribution in [0.3, 0.4) is 0 Å². The number of aromatic nitrogens is 2. The highest BCUT2D eigenvalue weighted by Gasteiger charge is 2.32. The molecule has 0 aliphatic carbocycles. The lowest BCUT2D eigenvalue weighted by molar-refractivity contribution is -0.113. The summed E-state index contributed by atoms with van der Waals surface area (Å²) >= 11 is 0. The molecule has 1 aromatic heterocycles. The molecule has 0 radical (unpaired) electrons. The van der Waals surface area contributed by atoms with Crippen LogP contribution in [0.4, 0.5) is 5.82 Å². The maximum absolute atomic E-state index is 11.7. The second kappa shape index (κ2) is 5.66. The van der Waals surface area contributed by atoms with Crippen LogP contribution in [0.25, 0.3) is 0 Å². The van der Waals surface area contributed by atoms with Crippen molar-refractivity contribution in [2.24, 2.45) is 0 Å². The van der Waals surface area contributed by atoms with E-state index >= 15 is 0 Å². The first kappa shape index (κ1) is 13.9. The van der Waals surface area contributed by atoms with Crippen molar-refractivity contribution >= 4 is 5.82 Å². The van der Waals surface area contributed by atoms with Crippen molar-refractivity contribution in [1.29, 1.82) is 0 Å². The van der Waals surface area contributed by atoms with Crippen LogP contribution in [-0.2, 0) is 4.74 Å². The first-order valence-corrected chi connectivity index (χ1v) is 5.98. The van der Waals surface area contributed by atoms with Gasteiger partial charge in [-0.3, -0.25) is 4.57 Å². The molecule has 1 aliphatic rings. The molecule has 1 aliphatic heterocycles. The minimum absolute atomic E-state index is 0.0822. The number of aliphatic hydroxyl groups is 3. The fraction of sp³-hybridized carbons (Fsp3) is 0.636. The third-order valence-corrected chi connectivity index (χ3v) is 3.09. The molecule has 4 atom stereocenters. The van der Waals surface area contributed by atoms with Crippen LogP contribution in [0.1, 0.15) is 19.1 Å². The van der Waals surface area contributed by atoms with Crippen LogP contribution in [0, 0.1) is 0 Å². The van der Waals surface area contributed by atoms with Gasteiger partial charge in [0.2, 0.25) is 0 Å². The lowest BCUT2D eigenvalue weighted by Gasteiger charge is -2.23. The Morgan fingerprint density at radius 1 is 1.47 bits per heavy atom. The minimum atomic E-state index is -0.984. The summed E-state index contributed by atoms with van der Waals surface area (Å²) in [5, 5.41) is 28.7. The summed E-state index contributed by atoms with van der Waals surface area (Å²) in [6.07, 6.45) is -1.86. The second-order valence-corrected chi connectivity index (χ2v) is 4.55. The van der Waals surface area contributed by atoms with Crippen molar-refractivity contribution in [2.45, 2.75) is 37.4 Å². The number of rotatable bonds is 2. The van der Waals surface area contributed by atoms with Gasteiger partial charge in [-0.05, 0) is 6.07 Å². The van der Waals surface area contributed by atoms with Crippen molar-refractivity contribution in [1.82, 2.24) is 9.55 Å². The quantitative estimate of drug-likeness (QED) is 0.500. The molecule has 0 spiro atoms. The summed E-state index contributed by atoms with van der Waals surface area (Å²) in [6, 6.07) is 1.44. The molecule has 2 rings (SSSR count). The van der Waals surface area contributed by atoms with Crippen LogP contribution < -0.4 is 11.4 Å². The molecule has 0 aromatic carbocycles. The average molecular weight is 271 g/mol. The third-order valence-electron chi connectivity index (χ3n) is 3.09. The average Bonchev–Trinajstić information content (AvgIpc) is 2.47. The Kier molecular flexibility index (Phi) is 4.15. The van der Waals surface area contributed by atoms with Crippen LogP contribution in [0.5, 0.6) is 0 Å². The highest BCUT2D eigenvalue weighted by Crippen LogP contribution is 2.25. The molecule has 0 bridgehead atoms. The van der Waals surface area contributed by atoms with Crippen molar-refractivity contribution in [3.8, 4) is 0 Å². The fourth-order valence-corrected chi connectivity index (χ4v) is 2.10. The highest BCUT2D eigenvalue weighted by atomic mass is 16.5. The Balaban J connectivity index is 2.29. The molecular formula is C11H17N3O5. The zero-order valence-corrected chi connectivity index (χ0v) is 10.2. The normalized spacial score (nSPS) is 31.9. The number of nitrogen functional groups attached to an aromatic ring is 1. The summed E-state index contributed by atoms with van der Waals surface area (Å²) in [4.78, 5) is 15.3. The number of nitrogens with zero attached hydrogens (tertiary/aromatic N) is 2. The molecule has 0 saturated carbocycles. The Bertz CT molecular complexity index is 491. The van der Waals surface area contributed by atoms with E-state index in [0.29, 0.717) is 0 Å². The van der Waals surface area contributed by atoms with E-state index in [-0.39, 0.29) is 18.7 Å². The van der Waals surface area contributed by atoms with Gasteiger partial charge in [-0.2, -0.15) is 4.98 Å². The predicted molar refractivity (Wildman–Crippen MR) is 65.2 cm³/mol. The molecule has 19 heavy (non-hydrogen) atoms. The largest absolute Gasteiger partial charge is 0.394 e. The standard InChI is InChI=1S/C11H17N3O5/c12-9-1-2-14(11(18)13-9)10-4-6(16)3-7(17)8(5-15)19-10/h1-2,6-8,10,15-17H,3-5H2,(H2,12,13,18)/t6-,7+,8-,10-/m1/s1. The molecule has 0 unspecified atom stereocenters. The van der Waals surface area contributed by atoms with Crippen LogP contribution >= 0.6 is 0 Å². The summed E-state index contributed by atoms with van der Waals surface area (Å²) in [5.41, 5.74) is 4.79. The van der Waals surface area contributed by atoms with E-state index < -0.39 is 36.8 Å². The fourth-order valence-electron chi connectivity index (χ4n) is 2.10. The van der Waals surface area contributed by atoms with Gasteiger partial charge in [0.15, 0.2) is 0 Å². The second-order valence-electron chi connectivity index (χ2n) is 4.55. The van der Waals surface area contributed by atoms with Crippen molar-refractivity contribution < 1.29 is 20.1 Å². The number of hydrogen-bond donors (Lipinski definition) is 4. The number of ether oxygens (including phenoxy) is 1. The van der Waals surface area contributed by atoms with Gasteiger partial charge in [0, 0.05) is 19.0 Å². The van der Waals surface area contributed by atoms with Crippen molar-refractivity contribution in [3.63, 3.8) is 0 Å². The molecule has 1 aromatic rings. The van der Waals surface area contributed by atoms with E-state index in [4.69, 9.17) is 15.6 Å². The van der Waals surface area contributed by atoms with E-state index in [1.807, 2.05) is 0 Å². The number of aliphatic hydroxyl groups excluding tert-OH is 3. The zero-order valence-electron chi connectivity index (χ0n) is 10.2. The molecule has 106 valence electrons. The first-order chi connectivity index (χ1) is 9.01. The molecule has 5 N–H and O–H groups in total. The Morgan fingerprint density at radius 2 is 2.21 bits per heavy atom.